The number of benzene rings is 1. The normalized spacial score (nSPS) is 10.1. The van der Waals surface area contributed by atoms with Gasteiger partial charge in [-0.25, -0.2) is 4.79 Å². The second kappa shape index (κ2) is 8.76. The van der Waals surface area contributed by atoms with Gasteiger partial charge in [0.05, 0.1) is 26.9 Å². The average Bonchev–Trinajstić information content (AvgIpc) is 2.57. The molecular formula is C16H21NO7. The number of imide groups is 1. The summed E-state index contributed by atoms with van der Waals surface area (Å²) in [5.41, 5.74) is 0.118. The third-order valence-electron chi connectivity index (χ3n) is 3.02. The molecule has 1 rings (SSSR count). The van der Waals surface area contributed by atoms with E-state index in [0.29, 0.717) is 5.75 Å². The molecule has 0 spiro atoms. The summed E-state index contributed by atoms with van der Waals surface area (Å²) >= 11 is 0. The molecule has 8 nitrogen and oxygen atoms in total. The Labute approximate surface area is 140 Å². The Balaban J connectivity index is 2.81. The molecule has 0 saturated heterocycles. The van der Waals surface area contributed by atoms with Crippen molar-refractivity contribution in [3.05, 3.63) is 17.7 Å². The van der Waals surface area contributed by atoms with E-state index in [1.807, 2.05) is 0 Å². The van der Waals surface area contributed by atoms with Crippen LogP contribution in [-0.4, -0.2) is 45.7 Å². The first-order valence-corrected chi connectivity index (χ1v) is 7.14. The molecule has 24 heavy (non-hydrogen) atoms. The number of carbonyl (C=O) groups is 3. The fourth-order valence-corrected chi connectivity index (χ4v) is 1.73. The summed E-state index contributed by atoms with van der Waals surface area (Å²) in [6.45, 7) is 2.71. The van der Waals surface area contributed by atoms with Crippen LogP contribution in [0.4, 0.5) is 0 Å². The van der Waals surface area contributed by atoms with Crippen molar-refractivity contribution in [2.75, 3.05) is 27.9 Å². The molecule has 0 heterocycles. The summed E-state index contributed by atoms with van der Waals surface area (Å²) < 4.78 is 20.3. The maximum atomic E-state index is 12.1. The molecule has 0 atom stereocenters. The van der Waals surface area contributed by atoms with Crippen LogP contribution < -0.4 is 19.5 Å². The highest BCUT2D eigenvalue weighted by molar-refractivity contribution is 5.98. The van der Waals surface area contributed by atoms with Crippen LogP contribution in [0.15, 0.2) is 12.1 Å². The smallest absolute Gasteiger partial charge is 0.338 e. The van der Waals surface area contributed by atoms with Gasteiger partial charge in [0.25, 0.3) is 5.91 Å². The van der Waals surface area contributed by atoms with Crippen molar-refractivity contribution < 1.29 is 33.3 Å². The number of rotatable bonds is 7. The Hall–Kier alpha value is -2.77. The molecule has 0 bridgehead atoms. The van der Waals surface area contributed by atoms with Gasteiger partial charge in [-0.2, -0.15) is 0 Å². The van der Waals surface area contributed by atoms with Gasteiger partial charge in [0.15, 0.2) is 18.1 Å². The van der Waals surface area contributed by atoms with Crippen LogP contribution in [-0.2, 0) is 14.3 Å². The topological polar surface area (TPSA) is 100 Å². The summed E-state index contributed by atoms with van der Waals surface area (Å²) in [5, 5.41) is 2.13. The minimum atomic E-state index is -0.763. The third kappa shape index (κ3) is 4.87. The predicted octanol–water partition coefficient (Wildman–Crippen LogP) is 1.17. The van der Waals surface area contributed by atoms with Gasteiger partial charge in [0.1, 0.15) is 0 Å². The van der Waals surface area contributed by atoms with Crippen molar-refractivity contribution in [3.63, 3.8) is 0 Å². The quantitative estimate of drug-likeness (QED) is 0.744. The maximum absolute atomic E-state index is 12.1. The number of amides is 2. The standard InChI is InChI=1S/C16H21NO7/c1-9(2)15(19)17-13(18)8-24-16(20)10-6-11(21-3)14(23-5)12(7-10)22-4/h6-7,9H,8H2,1-5H3,(H,17,18,19). The van der Waals surface area contributed by atoms with Gasteiger partial charge in [-0.15, -0.1) is 0 Å². The number of esters is 1. The Bertz CT molecular complexity index is 600. The van der Waals surface area contributed by atoms with Crippen LogP contribution in [0.3, 0.4) is 0 Å². The zero-order valence-electron chi connectivity index (χ0n) is 14.3. The number of hydrogen-bond donors (Lipinski definition) is 1. The molecule has 0 fully saturated rings. The molecule has 0 unspecified atom stereocenters. The molecule has 0 aliphatic rings. The van der Waals surface area contributed by atoms with Gasteiger partial charge in [-0.1, -0.05) is 13.8 Å². The zero-order valence-corrected chi connectivity index (χ0v) is 14.3. The Morgan fingerprint density at radius 3 is 1.96 bits per heavy atom. The first-order chi connectivity index (χ1) is 11.3. The summed E-state index contributed by atoms with van der Waals surface area (Å²) in [5.74, 6) is -1.36. The number of hydrogen-bond acceptors (Lipinski definition) is 7. The fourth-order valence-electron chi connectivity index (χ4n) is 1.73. The molecule has 8 heteroatoms. The van der Waals surface area contributed by atoms with E-state index in [1.165, 1.54) is 33.5 Å². The van der Waals surface area contributed by atoms with Crippen LogP contribution in [0, 0.1) is 5.92 Å². The molecule has 0 radical (unpaired) electrons. The second-order valence-electron chi connectivity index (χ2n) is 5.06. The minimum absolute atomic E-state index is 0.118. The van der Waals surface area contributed by atoms with Gasteiger partial charge in [-0.05, 0) is 12.1 Å². The first kappa shape index (κ1) is 19.3. The molecule has 2 amide bonds. The van der Waals surface area contributed by atoms with E-state index in [2.05, 4.69) is 5.32 Å². The van der Waals surface area contributed by atoms with E-state index in [0.717, 1.165) is 0 Å². The molecule has 0 aliphatic carbocycles. The highest BCUT2D eigenvalue weighted by Gasteiger charge is 2.19. The monoisotopic (exact) mass is 339 g/mol. The fraction of sp³-hybridized carbons (Fsp3) is 0.438. The lowest BCUT2D eigenvalue weighted by molar-refractivity contribution is -0.133. The van der Waals surface area contributed by atoms with E-state index in [4.69, 9.17) is 18.9 Å². The summed E-state index contributed by atoms with van der Waals surface area (Å²) in [6, 6.07) is 2.81. The number of carbonyl (C=O) groups excluding carboxylic acids is 3. The van der Waals surface area contributed by atoms with Crippen molar-refractivity contribution in [3.8, 4) is 17.2 Å². The van der Waals surface area contributed by atoms with Gasteiger partial charge in [0.2, 0.25) is 11.7 Å². The van der Waals surface area contributed by atoms with Crippen LogP contribution in [0.5, 0.6) is 17.2 Å². The van der Waals surface area contributed by atoms with Crippen molar-refractivity contribution in [2.45, 2.75) is 13.8 Å². The van der Waals surface area contributed by atoms with Crippen molar-refractivity contribution >= 4 is 17.8 Å². The summed E-state index contributed by atoms with van der Waals surface area (Å²) in [6.07, 6.45) is 0. The van der Waals surface area contributed by atoms with E-state index in [-0.39, 0.29) is 23.0 Å². The van der Waals surface area contributed by atoms with E-state index < -0.39 is 24.4 Å². The van der Waals surface area contributed by atoms with Crippen molar-refractivity contribution in [1.29, 1.82) is 0 Å². The van der Waals surface area contributed by atoms with E-state index in [1.54, 1.807) is 13.8 Å². The Kier molecular flexibility index (Phi) is 7.03. The molecule has 0 aliphatic heterocycles. The third-order valence-corrected chi connectivity index (χ3v) is 3.02. The van der Waals surface area contributed by atoms with Crippen molar-refractivity contribution in [2.24, 2.45) is 5.92 Å². The largest absolute Gasteiger partial charge is 0.493 e. The minimum Gasteiger partial charge on any atom is -0.493 e. The molecule has 1 aromatic rings. The molecule has 0 aromatic heterocycles. The number of ether oxygens (including phenoxy) is 4. The highest BCUT2D eigenvalue weighted by atomic mass is 16.5. The van der Waals surface area contributed by atoms with E-state index in [9.17, 15) is 14.4 Å². The first-order valence-electron chi connectivity index (χ1n) is 7.14. The lowest BCUT2D eigenvalue weighted by Gasteiger charge is -2.13. The summed E-state index contributed by atoms with van der Waals surface area (Å²) in [7, 11) is 4.27. The molecule has 1 aromatic carbocycles. The zero-order chi connectivity index (χ0) is 18.3. The van der Waals surface area contributed by atoms with Crippen LogP contribution in [0.1, 0.15) is 24.2 Å². The number of nitrogens with one attached hydrogen (secondary N) is 1. The predicted molar refractivity (Wildman–Crippen MR) is 84.4 cm³/mol. The Morgan fingerprint density at radius 1 is 1.00 bits per heavy atom. The van der Waals surface area contributed by atoms with Crippen LogP contribution in [0.2, 0.25) is 0 Å². The SMILES string of the molecule is COc1cc(C(=O)OCC(=O)NC(=O)C(C)C)cc(OC)c1OC. The highest BCUT2D eigenvalue weighted by Crippen LogP contribution is 2.38. The lowest BCUT2D eigenvalue weighted by atomic mass is 10.2. The van der Waals surface area contributed by atoms with E-state index >= 15 is 0 Å². The molecular weight excluding hydrogens is 318 g/mol. The van der Waals surface area contributed by atoms with Crippen LogP contribution >= 0.6 is 0 Å². The Morgan fingerprint density at radius 2 is 1.54 bits per heavy atom. The average molecular weight is 339 g/mol. The van der Waals surface area contributed by atoms with Gasteiger partial charge < -0.3 is 18.9 Å². The van der Waals surface area contributed by atoms with Gasteiger partial charge in [-0.3, -0.25) is 14.9 Å². The van der Waals surface area contributed by atoms with Crippen molar-refractivity contribution in [1.82, 2.24) is 5.32 Å². The number of methoxy groups -OCH3 is 3. The lowest BCUT2D eigenvalue weighted by Crippen LogP contribution is -2.36. The molecule has 1 N–H and O–H groups in total. The summed E-state index contributed by atoms with van der Waals surface area (Å²) in [4.78, 5) is 35.0. The van der Waals surface area contributed by atoms with Gasteiger partial charge in [0, 0.05) is 5.92 Å². The maximum Gasteiger partial charge on any atom is 0.338 e. The van der Waals surface area contributed by atoms with Crippen LogP contribution in [0.25, 0.3) is 0 Å². The molecule has 0 saturated carbocycles. The van der Waals surface area contributed by atoms with Gasteiger partial charge >= 0.3 is 5.97 Å². The molecule has 132 valence electrons. The second-order valence-corrected chi connectivity index (χ2v) is 5.06.